The molecule has 0 bridgehead atoms. The summed E-state index contributed by atoms with van der Waals surface area (Å²) >= 11 is 11.4. The molecule has 1 N–H and O–H groups in total. The van der Waals surface area contributed by atoms with E-state index in [-0.39, 0.29) is 0 Å². The van der Waals surface area contributed by atoms with Crippen LogP contribution in [0, 0.1) is 5.92 Å². The SMILES string of the molecule is CCCNC(c1ccc(-c2ccc(Cl)c(Br)c2)s1)C(C)C. The average molecular weight is 387 g/mol. The fourth-order valence-corrected chi connectivity index (χ4v) is 4.04. The van der Waals surface area contributed by atoms with E-state index in [4.69, 9.17) is 11.6 Å². The molecular weight excluding hydrogens is 366 g/mol. The highest BCUT2D eigenvalue weighted by molar-refractivity contribution is 9.10. The highest BCUT2D eigenvalue weighted by Gasteiger charge is 2.17. The molecule has 0 radical (unpaired) electrons. The summed E-state index contributed by atoms with van der Waals surface area (Å²) in [5, 5.41) is 4.40. The summed E-state index contributed by atoms with van der Waals surface area (Å²) in [5.41, 5.74) is 1.21. The molecule has 0 aliphatic carbocycles. The number of nitrogens with one attached hydrogen (secondary N) is 1. The third kappa shape index (κ3) is 4.32. The first kappa shape index (κ1) is 17.0. The maximum Gasteiger partial charge on any atom is 0.0548 e. The summed E-state index contributed by atoms with van der Waals surface area (Å²) in [6, 6.07) is 11.0. The highest BCUT2D eigenvalue weighted by atomic mass is 79.9. The van der Waals surface area contributed by atoms with Crippen molar-refractivity contribution in [2.45, 2.75) is 33.2 Å². The van der Waals surface area contributed by atoms with Gasteiger partial charge in [0.25, 0.3) is 0 Å². The second-order valence-corrected chi connectivity index (χ2v) is 7.88. The van der Waals surface area contributed by atoms with Crippen LogP contribution in [0.15, 0.2) is 34.8 Å². The van der Waals surface area contributed by atoms with E-state index in [1.165, 1.54) is 15.3 Å². The van der Waals surface area contributed by atoms with E-state index >= 15 is 0 Å². The summed E-state index contributed by atoms with van der Waals surface area (Å²) in [6.07, 6.45) is 1.16. The number of hydrogen-bond donors (Lipinski definition) is 1. The molecule has 1 nitrogen and oxygen atoms in total. The van der Waals surface area contributed by atoms with Gasteiger partial charge in [0.15, 0.2) is 0 Å². The van der Waals surface area contributed by atoms with Gasteiger partial charge >= 0.3 is 0 Å². The Bertz CT molecular complexity index is 594. The predicted molar refractivity (Wildman–Crippen MR) is 98.3 cm³/mol. The van der Waals surface area contributed by atoms with Gasteiger partial charge in [0.05, 0.1) is 5.02 Å². The average Bonchev–Trinajstić information content (AvgIpc) is 2.91. The summed E-state index contributed by atoms with van der Waals surface area (Å²) < 4.78 is 0.945. The van der Waals surface area contributed by atoms with Gasteiger partial charge in [-0.05, 0) is 64.6 Å². The monoisotopic (exact) mass is 385 g/mol. The van der Waals surface area contributed by atoms with Crippen LogP contribution in [0.1, 0.15) is 38.1 Å². The van der Waals surface area contributed by atoms with Crippen molar-refractivity contribution in [3.8, 4) is 10.4 Å². The van der Waals surface area contributed by atoms with Crippen molar-refractivity contribution < 1.29 is 0 Å². The van der Waals surface area contributed by atoms with Crippen molar-refractivity contribution in [3.05, 3.63) is 44.7 Å². The van der Waals surface area contributed by atoms with Crippen molar-refractivity contribution >= 4 is 38.9 Å². The Hall–Kier alpha value is -0.350. The Labute approximate surface area is 144 Å². The largest absolute Gasteiger partial charge is 0.309 e. The molecule has 0 aliphatic heterocycles. The molecule has 0 fully saturated rings. The lowest BCUT2D eigenvalue weighted by atomic mass is 10.0. The molecule has 0 aliphatic rings. The van der Waals surface area contributed by atoms with Gasteiger partial charge in [0.2, 0.25) is 0 Å². The number of hydrogen-bond acceptors (Lipinski definition) is 2. The predicted octanol–water partition coefficient (Wildman–Crippen LogP) is 6.53. The number of benzene rings is 1. The van der Waals surface area contributed by atoms with Crippen molar-refractivity contribution in [1.29, 1.82) is 0 Å². The zero-order chi connectivity index (χ0) is 15.4. The lowest BCUT2D eigenvalue weighted by molar-refractivity contribution is 0.418. The molecule has 2 rings (SSSR count). The van der Waals surface area contributed by atoms with E-state index in [1.807, 2.05) is 17.4 Å². The quantitative estimate of drug-likeness (QED) is 0.595. The number of rotatable bonds is 6. The van der Waals surface area contributed by atoms with Crippen molar-refractivity contribution in [3.63, 3.8) is 0 Å². The van der Waals surface area contributed by atoms with Crippen molar-refractivity contribution in [2.24, 2.45) is 5.92 Å². The minimum absolute atomic E-state index is 0.430. The smallest absolute Gasteiger partial charge is 0.0548 e. The van der Waals surface area contributed by atoms with Crippen molar-refractivity contribution in [1.82, 2.24) is 5.32 Å². The van der Waals surface area contributed by atoms with Crippen LogP contribution in [0.25, 0.3) is 10.4 Å². The number of halogens is 2. The summed E-state index contributed by atoms with van der Waals surface area (Å²) in [7, 11) is 0. The Balaban J connectivity index is 2.25. The zero-order valence-electron chi connectivity index (χ0n) is 12.6. The lowest BCUT2D eigenvalue weighted by Gasteiger charge is -2.20. The summed E-state index contributed by atoms with van der Waals surface area (Å²) in [4.78, 5) is 2.69. The van der Waals surface area contributed by atoms with Crippen LogP contribution in [0.3, 0.4) is 0 Å². The lowest BCUT2D eigenvalue weighted by Crippen LogP contribution is -2.25. The fraction of sp³-hybridized carbons (Fsp3) is 0.412. The van der Waals surface area contributed by atoms with E-state index < -0.39 is 0 Å². The maximum atomic E-state index is 6.07. The summed E-state index contributed by atoms with van der Waals surface area (Å²) in [6.45, 7) is 7.80. The first-order chi connectivity index (χ1) is 10.0. The van der Waals surface area contributed by atoms with E-state index in [2.05, 4.69) is 66.3 Å². The van der Waals surface area contributed by atoms with E-state index in [9.17, 15) is 0 Å². The molecule has 1 atom stereocenters. The van der Waals surface area contributed by atoms with Crippen molar-refractivity contribution in [2.75, 3.05) is 6.54 Å². The van der Waals surface area contributed by atoms with Gasteiger partial charge in [-0.25, -0.2) is 0 Å². The normalized spacial score (nSPS) is 12.9. The topological polar surface area (TPSA) is 12.0 Å². The third-order valence-electron chi connectivity index (χ3n) is 3.42. The Kier molecular flexibility index (Phi) is 6.30. The molecule has 114 valence electrons. The van der Waals surface area contributed by atoms with Gasteiger partial charge in [-0.1, -0.05) is 38.4 Å². The maximum absolute atomic E-state index is 6.07. The first-order valence-corrected chi connectivity index (χ1v) is 9.30. The Morgan fingerprint density at radius 2 is 2.00 bits per heavy atom. The minimum atomic E-state index is 0.430. The van der Waals surface area contributed by atoms with Gasteiger partial charge < -0.3 is 5.32 Å². The zero-order valence-corrected chi connectivity index (χ0v) is 15.8. The standard InChI is InChI=1S/C17H21BrClNS/c1-4-9-20-17(11(2)3)16-8-7-15(21-16)12-5-6-14(19)13(18)10-12/h5-8,10-11,17,20H,4,9H2,1-3H3. The van der Waals surface area contributed by atoms with E-state index in [0.717, 1.165) is 22.5 Å². The van der Waals surface area contributed by atoms with Crippen LogP contribution in [0.5, 0.6) is 0 Å². The van der Waals surface area contributed by atoms with Gasteiger partial charge in [0.1, 0.15) is 0 Å². The molecule has 1 aromatic carbocycles. The second-order valence-electron chi connectivity index (χ2n) is 5.51. The third-order valence-corrected chi connectivity index (χ3v) is 5.85. The molecule has 0 amide bonds. The van der Waals surface area contributed by atoms with Crippen LogP contribution in [-0.2, 0) is 0 Å². The molecule has 0 spiro atoms. The van der Waals surface area contributed by atoms with Gasteiger partial charge in [-0.2, -0.15) is 0 Å². The highest BCUT2D eigenvalue weighted by Crippen LogP contribution is 2.36. The Morgan fingerprint density at radius 3 is 2.62 bits per heavy atom. The molecule has 21 heavy (non-hydrogen) atoms. The molecule has 4 heteroatoms. The van der Waals surface area contributed by atoms with Crippen LogP contribution in [-0.4, -0.2) is 6.54 Å². The molecule has 0 saturated carbocycles. The van der Waals surface area contributed by atoms with Gasteiger partial charge in [-0.15, -0.1) is 11.3 Å². The van der Waals surface area contributed by atoms with E-state index in [1.54, 1.807) is 0 Å². The fourth-order valence-electron chi connectivity index (χ4n) is 2.29. The van der Waals surface area contributed by atoms with Crippen LogP contribution in [0.2, 0.25) is 5.02 Å². The second kappa shape index (κ2) is 7.77. The minimum Gasteiger partial charge on any atom is -0.309 e. The first-order valence-electron chi connectivity index (χ1n) is 7.31. The molecule has 2 aromatic rings. The molecule has 1 aromatic heterocycles. The van der Waals surface area contributed by atoms with Crippen LogP contribution < -0.4 is 5.32 Å². The number of thiophene rings is 1. The molecule has 1 heterocycles. The van der Waals surface area contributed by atoms with Gasteiger partial charge in [0, 0.05) is 20.3 Å². The van der Waals surface area contributed by atoms with Gasteiger partial charge in [-0.3, -0.25) is 0 Å². The molecule has 1 unspecified atom stereocenters. The van der Waals surface area contributed by atoms with Crippen LogP contribution >= 0.6 is 38.9 Å². The molecular formula is C17H21BrClNS. The molecule has 0 saturated heterocycles. The summed E-state index contributed by atoms with van der Waals surface area (Å²) in [5.74, 6) is 0.583. The Morgan fingerprint density at radius 1 is 1.24 bits per heavy atom. The van der Waals surface area contributed by atoms with Crippen LogP contribution in [0.4, 0.5) is 0 Å². The van der Waals surface area contributed by atoms with E-state index in [0.29, 0.717) is 12.0 Å².